The summed E-state index contributed by atoms with van der Waals surface area (Å²) in [6, 6.07) is 0. The Balaban J connectivity index is 2.09. The van der Waals surface area contributed by atoms with Gasteiger partial charge in [0.2, 0.25) is 0 Å². The smallest absolute Gasteiger partial charge is 0.355 e. The van der Waals surface area contributed by atoms with E-state index in [9.17, 15) is 4.79 Å². The van der Waals surface area contributed by atoms with Crippen LogP contribution in [0.15, 0.2) is 22.2 Å². The number of nitrogens with zero attached hydrogens (tertiary/aromatic N) is 1. The van der Waals surface area contributed by atoms with Crippen LogP contribution in [0.25, 0.3) is 0 Å². The first-order chi connectivity index (χ1) is 6.33. The number of esters is 1. The highest BCUT2D eigenvalue weighted by Gasteiger charge is 2.29. The normalized spacial score (nSPS) is 19.6. The summed E-state index contributed by atoms with van der Waals surface area (Å²) in [7, 11) is 0. The molecule has 0 bridgehead atoms. The highest BCUT2D eigenvalue weighted by Crippen LogP contribution is 2.38. The topological polar surface area (TPSA) is 29.5 Å². The molecule has 2 heterocycles. The molecule has 0 amide bonds. The van der Waals surface area contributed by atoms with Crippen LogP contribution in [0, 0.1) is 0 Å². The van der Waals surface area contributed by atoms with E-state index in [4.69, 9.17) is 4.74 Å². The van der Waals surface area contributed by atoms with Gasteiger partial charge in [0.1, 0.15) is 5.70 Å². The maximum atomic E-state index is 11.4. The Labute approximate surface area is 81.4 Å². The number of carbonyl (C=O) groups is 1. The van der Waals surface area contributed by atoms with Crippen LogP contribution in [-0.2, 0) is 9.53 Å². The lowest BCUT2D eigenvalue weighted by Crippen LogP contribution is -2.22. The third-order valence-corrected chi connectivity index (χ3v) is 2.97. The molecule has 2 aliphatic rings. The average Bonchev–Trinajstić information content (AvgIpc) is 2.62. The zero-order valence-corrected chi connectivity index (χ0v) is 8.26. The predicted molar refractivity (Wildman–Crippen MR) is 51.7 cm³/mol. The summed E-state index contributed by atoms with van der Waals surface area (Å²) < 4.78 is 4.94. The van der Waals surface area contributed by atoms with Crippen LogP contribution in [0.4, 0.5) is 0 Å². The number of hydrogen-bond donors (Lipinski definition) is 0. The maximum absolute atomic E-state index is 11.4. The second-order valence-corrected chi connectivity index (χ2v) is 3.71. The molecule has 0 saturated carbocycles. The standard InChI is InChI=1S/C9H11NO2S/c1-2-12-9(11)7-6-13-8-4-3-5-10(7)8/h4,6H,2-3,5H2,1H3. The number of thioether (sulfide) groups is 1. The fourth-order valence-corrected chi connectivity index (χ4v) is 2.42. The molecule has 3 nitrogen and oxygen atoms in total. The zero-order valence-electron chi connectivity index (χ0n) is 7.45. The molecular formula is C9H11NO2S. The van der Waals surface area contributed by atoms with Crippen molar-refractivity contribution >= 4 is 17.7 Å². The molecule has 0 atom stereocenters. The van der Waals surface area contributed by atoms with E-state index in [0.29, 0.717) is 12.3 Å². The summed E-state index contributed by atoms with van der Waals surface area (Å²) in [4.78, 5) is 13.4. The molecule has 0 aliphatic carbocycles. The van der Waals surface area contributed by atoms with Crippen LogP contribution in [0.1, 0.15) is 13.3 Å². The molecule has 0 aromatic rings. The van der Waals surface area contributed by atoms with Crippen molar-refractivity contribution in [3.8, 4) is 0 Å². The molecule has 0 aromatic carbocycles. The molecule has 4 heteroatoms. The molecule has 70 valence electrons. The van der Waals surface area contributed by atoms with E-state index in [-0.39, 0.29) is 5.97 Å². The summed E-state index contributed by atoms with van der Waals surface area (Å²) in [5.41, 5.74) is 0.690. The summed E-state index contributed by atoms with van der Waals surface area (Å²) in [5.74, 6) is -0.208. The third kappa shape index (κ3) is 1.46. The number of carbonyl (C=O) groups excluding carboxylic acids is 1. The summed E-state index contributed by atoms with van der Waals surface area (Å²) >= 11 is 1.60. The summed E-state index contributed by atoms with van der Waals surface area (Å²) in [6.07, 6.45) is 3.17. The molecule has 13 heavy (non-hydrogen) atoms. The van der Waals surface area contributed by atoms with Crippen molar-refractivity contribution in [2.45, 2.75) is 13.3 Å². The lowest BCUT2D eigenvalue weighted by Gasteiger charge is -2.16. The van der Waals surface area contributed by atoms with Crippen molar-refractivity contribution in [1.29, 1.82) is 0 Å². The Morgan fingerprint density at radius 1 is 1.77 bits per heavy atom. The minimum absolute atomic E-state index is 0.208. The van der Waals surface area contributed by atoms with Crippen molar-refractivity contribution in [1.82, 2.24) is 4.90 Å². The number of hydrogen-bond acceptors (Lipinski definition) is 4. The molecule has 0 radical (unpaired) electrons. The summed E-state index contributed by atoms with van der Waals surface area (Å²) in [5, 5.41) is 3.03. The van der Waals surface area contributed by atoms with Crippen LogP contribution in [-0.4, -0.2) is 24.0 Å². The van der Waals surface area contributed by atoms with E-state index >= 15 is 0 Å². The van der Waals surface area contributed by atoms with Gasteiger partial charge in [-0.2, -0.15) is 0 Å². The average molecular weight is 197 g/mol. The highest BCUT2D eigenvalue weighted by atomic mass is 32.2. The Morgan fingerprint density at radius 3 is 3.38 bits per heavy atom. The Bertz CT molecular complexity index is 296. The molecule has 0 fully saturated rings. The van der Waals surface area contributed by atoms with Gasteiger partial charge in [-0.1, -0.05) is 17.8 Å². The second kappa shape index (κ2) is 3.46. The lowest BCUT2D eigenvalue weighted by atomic mass is 10.4. The van der Waals surface area contributed by atoms with Crippen molar-refractivity contribution in [3.05, 3.63) is 22.2 Å². The number of fused-ring (bicyclic) bond motifs is 1. The molecular weight excluding hydrogens is 186 g/mol. The third-order valence-electron chi connectivity index (χ3n) is 2.00. The lowest BCUT2D eigenvalue weighted by molar-refractivity contribution is -0.139. The van der Waals surface area contributed by atoms with E-state index in [2.05, 4.69) is 6.08 Å². The Hall–Kier alpha value is -0.900. The number of ether oxygens (including phenoxy) is 1. The SMILES string of the molecule is CCOC(=O)C1=CSC2=CCCN21. The van der Waals surface area contributed by atoms with Gasteiger partial charge in [0.05, 0.1) is 11.6 Å². The highest BCUT2D eigenvalue weighted by molar-refractivity contribution is 8.06. The van der Waals surface area contributed by atoms with Gasteiger partial charge in [-0.25, -0.2) is 4.79 Å². The van der Waals surface area contributed by atoms with Crippen molar-refractivity contribution in [2.24, 2.45) is 0 Å². The van der Waals surface area contributed by atoms with E-state index in [1.165, 1.54) is 5.03 Å². The molecule has 2 rings (SSSR count). The minimum Gasteiger partial charge on any atom is -0.461 e. The zero-order chi connectivity index (χ0) is 9.26. The van der Waals surface area contributed by atoms with E-state index in [1.807, 2.05) is 17.2 Å². The van der Waals surface area contributed by atoms with Gasteiger partial charge >= 0.3 is 5.97 Å². The monoisotopic (exact) mass is 197 g/mol. The first-order valence-corrected chi connectivity index (χ1v) is 5.22. The van der Waals surface area contributed by atoms with Gasteiger partial charge in [0.15, 0.2) is 0 Å². The van der Waals surface area contributed by atoms with Crippen molar-refractivity contribution < 1.29 is 9.53 Å². The fourth-order valence-electron chi connectivity index (χ4n) is 1.43. The molecule has 0 aromatic heterocycles. The van der Waals surface area contributed by atoms with Crippen LogP contribution in [0.5, 0.6) is 0 Å². The second-order valence-electron chi connectivity index (χ2n) is 2.82. The van der Waals surface area contributed by atoms with Gasteiger partial charge in [-0.05, 0) is 13.3 Å². The van der Waals surface area contributed by atoms with Crippen LogP contribution < -0.4 is 0 Å². The van der Waals surface area contributed by atoms with Crippen LogP contribution in [0.2, 0.25) is 0 Å². The van der Waals surface area contributed by atoms with Crippen molar-refractivity contribution in [3.63, 3.8) is 0 Å². The van der Waals surface area contributed by atoms with E-state index < -0.39 is 0 Å². The molecule has 0 saturated heterocycles. The van der Waals surface area contributed by atoms with Crippen molar-refractivity contribution in [2.75, 3.05) is 13.2 Å². The minimum atomic E-state index is -0.208. The Morgan fingerprint density at radius 2 is 2.62 bits per heavy atom. The number of rotatable bonds is 2. The van der Waals surface area contributed by atoms with Crippen LogP contribution >= 0.6 is 11.8 Å². The first-order valence-electron chi connectivity index (χ1n) is 4.34. The first kappa shape index (κ1) is 8.69. The largest absolute Gasteiger partial charge is 0.461 e. The molecule has 0 spiro atoms. The van der Waals surface area contributed by atoms with Gasteiger partial charge < -0.3 is 9.64 Å². The van der Waals surface area contributed by atoms with Crippen LogP contribution in [0.3, 0.4) is 0 Å². The molecule has 0 N–H and O–H groups in total. The fraction of sp³-hybridized carbons (Fsp3) is 0.444. The van der Waals surface area contributed by atoms with Gasteiger partial charge in [0.25, 0.3) is 0 Å². The van der Waals surface area contributed by atoms with Gasteiger partial charge in [0, 0.05) is 12.0 Å². The Kier molecular flexibility index (Phi) is 2.31. The van der Waals surface area contributed by atoms with E-state index in [0.717, 1.165) is 13.0 Å². The predicted octanol–water partition coefficient (Wildman–Crippen LogP) is 1.68. The molecule has 2 aliphatic heterocycles. The van der Waals surface area contributed by atoms with Gasteiger partial charge in [-0.15, -0.1) is 0 Å². The maximum Gasteiger partial charge on any atom is 0.355 e. The summed E-state index contributed by atoms with van der Waals surface area (Å²) in [6.45, 7) is 3.17. The van der Waals surface area contributed by atoms with Gasteiger partial charge in [-0.3, -0.25) is 0 Å². The van der Waals surface area contributed by atoms with E-state index in [1.54, 1.807) is 11.8 Å². The molecule has 0 unspecified atom stereocenters. The quantitative estimate of drug-likeness (QED) is 0.630.